The fourth-order valence-electron chi connectivity index (χ4n) is 2.40. The molecule has 0 saturated carbocycles. The van der Waals surface area contributed by atoms with Crippen molar-refractivity contribution in [3.63, 3.8) is 0 Å². The molecule has 0 atom stereocenters. The normalized spacial score (nSPS) is 10.9. The SMILES string of the molecule is COc1ccc(-c2c(Br)nc(CCO)n2C)c(C)c1C. The van der Waals surface area contributed by atoms with E-state index in [1.54, 1.807) is 7.11 Å². The first-order valence-corrected chi connectivity index (χ1v) is 7.27. The molecule has 0 aliphatic rings. The molecule has 4 nitrogen and oxygen atoms in total. The number of methoxy groups -OCH3 is 1. The summed E-state index contributed by atoms with van der Waals surface area (Å²) in [6.07, 6.45) is 0.545. The topological polar surface area (TPSA) is 47.3 Å². The Morgan fingerprint density at radius 3 is 2.60 bits per heavy atom. The standard InChI is InChI=1S/C15H19BrN2O2/c1-9-10(2)12(20-4)6-5-11(9)14-15(16)17-13(7-8-19)18(14)3/h5-6,19H,7-8H2,1-4H3. The Labute approximate surface area is 127 Å². The second-order valence-corrected chi connectivity index (χ2v) is 5.52. The van der Waals surface area contributed by atoms with Gasteiger partial charge in [-0.3, -0.25) is 0 Å². The Balaban J connectivity index is 2.60. The molecule has 1 aromatic heterocycles. The number of aliphatic hydroxyl groups excluding tert-OH is 1. The summed E-state index contributed by atoms with van der Waals surface area (Å²) >= 11 is 3.52. The van der Waals surface area contributed by atoms with Crippen LogP contribution in [-0.4, -0.2) is 28.4 Å². The summed E-state index contributed by atoms with van der Waals surface area (Å²) in [5.74, 6) is 1.75. The van der Waals surface area contributed by atoms with Gasteiger partial charge in [0.1, 0.15) is 16.2 Å². The summed E-state index contributed by atoms with van der Waals surface area (Å²) < 4.78 is 8.18. The maximum absolute atomic E-state index is 9.10. The van der Waals surface area contributed by atoms with Crippen LogP contribution in [-0.2, 0) is 13.5 Å². The van der Waals surface area contributed by atoms with Crippen molar-refractivity contribution in [3.05, 3.63) is 33.7 Å². The highest BCUT2D eigenvalue weighted by atomic mass is 79.9. The fourth-order valence-corrected chi connectivity index (χ4v) is 3.08. The third-order valence-corrected chi connectivity index (χ3v) is 4.25. The summed E-state index contributed by atoms with van der Waals surface area (Å²) in [5, 5.41) is 9.10. The van der Waals surface area contributed by atoms with Gasteiger partial charge in [-0.1, -0.05) is 0 Å². The molecule has 0 unspecified atom stereocenters. The van der Waals surface area contributed by atoms with Gasteiger partial charge in [0.05, 0.1) is 19.4 Å². The number of benzene rings is 1. The zero-order valence-corrected chi connectivity index (χ0v) is 13.8. The van der Waals surface area contributed by atoms with Crippen LogP contribution in [0.15, 0.2) is 16.7 Å². The number of rotatable bonds is 4. The monoisotopic (exact) mass is 338 g/mol. The smallest absolute Gasteiger partial charge is 0.132 e. The van der Waals surface area contributed by atoms with Crippen molar-refractivity contribution >= 4 is 15.9 Å². The lowest BCUT2D eigenvalue weighted by Gasteiger charge is -2.14. The van der Waals surface area contributed by atoms with Crippen LogP contribution >= 0.6 is 15.9 Å². The van der Waals surface area contributed by atoms with E-state index in [0.29, 0.717) is 6.42 Å². The lowest BCUT2D eigenvalue weighted by atomic mass is 10.0. The third kappa shape index (κ3) is 2.47. The van der Waals surface area contributed by atoms with Gasteiger partial charge in [0.15, 0.2) is 0 Å². The van der Waals surface area contributed by atoms with E-state index >= 15 is 0 Å². The zero-order chi connectivity index (χ0) is 14.9. The Bertz CT molecular complexity index is 635. The second-order valence-electron chi connectivity index (χ2n) is 4.77. The lowest BCUT2D eigenvalue weighted by molar-refractivity contribution is 0.295. The van der Waals surface area contributed by atoms with E-state index in [0.717, 1.165) is 33.0 Å². The maximum atomic E-state index is 9.10. The highest BCUT2D eigenvalue weighted by Crippen LogP contribution is 2.35. The summed E-state index contributed by atoms with van der Waals surface area (Å²) in [6, 6.07) is 4.02. The van der Waals surface area contributed by atoms with Gasteiger partial charge in [-0.05, 0) is 53.0 Å². The maximum Gasteiger partial charge on any atom is 0.132 e. The van der Waals surface area contributed by atoms with Gasteiger partial charge in [-0.2, -0.15) is 0 Å². The lowest BCUT2D eigenvalue weighted by Crippen LogP contribution is -2.03. The minimum absolute atomic E-state index is 0.0946. The minimum Gasteiger partial charge on any atom is -0.496 e. The van der Waals surface area contributed by atoms with E-state index < -0.39 is 0 Å². The van der Waals surface area contributed by atoms with Gasteiger partial charge in [-0.15, -0.1) is 0 Å². The van der Waals surface area contributed by atoms with E-state index in [2.05, 4.69) is 34.8 Å². The predicted octanol–water partition coefficient (Wildman–Crippen LogP) is 3.01. The largest absolute Gasteiger partial charge is 0.496 e. The molecule has 0 fully saturated rings. The van der Waals surface area contributed by atoms with Gasteiger partial charge in [-0.25, -0.2) is 4.98 Å². The van der Waals surface area contributed by atoms with Crippen LogP contribution in [0.25, 0.3) is 11.3 Å². The van der Waals surface area contributed by atoms with Crippen molar-refractivity contribution in [1.82, 2.24) is 9.55 Å². The number of nitrogens with zero attached hydrogens (tertiary/aromatic N) is 2. The quantitative estimate of drug-likeness (QED) is 0.932. The molecular formula is C15H19BrN2O2. The Morgan fingerprint density at radius 1 is 1.30 bits per heavy atom. The van der Waals surface area contributed by atoms with Crippen LogP contribution < -0.4 is 4.74 Å². The van der Waals surface area contributed by atoms with Crippen molar-refractivity contribution in [2.45, 2.75) is 20.3 Å². The molecule has 2 rings (SSSR count). The number of hydrogen-bond acceptors (Lipinski definition) is 3. The molecule has 0 aliphatic heterocycles. The minimum atomic E-state index is 0.0946. The van der Waals surface area contributed by atoms with E-state index in [1.165, 1.54) is 5.56 Å². The van der Waals surface area contributed by atoms with E-state index in [-0.39, 0.29) is 6.61 Å². The van der Waals surface area contributed by atoms with Crippen molar-refractivity contribution in [2.75, 3.05) is 13.7 Å². The van der Waals surface area contributed by atoms with Crippen LogP contribution in [0.3, 0.4) is 0 Å². The van der Waals surface area contributed by atoms with Gasteiger partial charge < -0.3 is 14.4 Å². The van der Waals surface area contributed by atoms with E-state index in [9.17, 15) is 0 Å². The molecule has 1 heterocycles. The zero-order valence-electron chi connectivity index (χ0n) is 12.2. The summed E-state index contributed by atoms with van der Waals surface area (Å²) in [6.45, 7) is 4.23. The second kappa shape index (κ2) is 5.97. The highest BCUT2D eigenvalue weighted by molar-refractivity contribution is 9.10. The molecule has 0 spiro atoms. The first-order chi connectivity index (χ1) is 9.51. The van der Waals surface area contributed by atoms with Crippen LogP contribution in [0.5, 0.6) is 5.75 Å². The average Bonchev–Trinajstić information content (AvgIpc) is 2.69. The molecule has 2 aromatic rings. The highest BCUT2D eigenvalue weighted by Gasteiger charge is 2.17. The summed E-state index contributed by atoms with van der Waals surface area (Å²) in [5.41, 5.74) is 4.44. The molecule has 0 radical (unpaired) electrons. The Morgan fingerprint density at radius 2 is 2.00 bits per heavy atom. The number of halogens is 1. The number of aliphatic hydroxyl groups is 1. The van der Waals surface area contributed by atoms with Gasteiger partial charge >= 0.3 is 0 Å². The average molecular weight is 339 g/mol. The first kappa shape index (κ1) is 15.1. The van der Waals surface area contributed by atoms with Crippen molar-refractivity contribution in [3.8, 4) is 17.0 Å². The van der Waals surface area contributed by atoms with E-state index in [4.69, 9.17) is 9.84 Å². The number of ether oxygens (including phenoxy) is 1. The van der Waals surface area contributed by atoms with Crippen LogP contribution in [0, 0.1) is 13.8 Å². The molecule has 5 heteroatoms. The molecule has 0 amide bonds. The van der Waals surface area contributed by atoms with Crippen LogP contribution in [0.1, 0.15) is 17.0 Å². The van der Waals surface area contributed by atoms with Gasteiger partial charge in [0, 0.05) is 19.0 Å². The van der Waals surface area contributed by atoms with Gasteiger partial charge in [0.2, 0.25) is 0 Å². The first-order valence-electron chi connectivity index (χ1n) is 6.47. The molecule has 0 saturated heterocycles. The fraction of sp³-hybridized carbons (Fsp3) is 0.400. The number of imidazole rings is 1. The Hall–Kier alpha value is -1.33. The van der Waals surface area contributed by atoms with E-state index in [1.807, 2.05) is 23.7 Å². The molecule has 0 bridgehead atoms. The number of aromatic nitrogens is 2. The number of hydrogen-bond donors (Lipinski definition) is 1. The third-order valence-electron chi connectivity index (χ3n) is 3.69. The van der Waals surface area contributed by atoms with Crippen LogP contribution in [0.4, 0.5) is 0 Å². The van der Waals surface area contributed by atoms with Crippen molar-refractivity contribution in [2.24, 2.45) is 7.05 Å². The molecular weight excluding hydrogens is 320 g/mol. The van der Waals surface area contributed by atoms with Crippen molar-refractivity contribution < 1.29 is 9.84 Å². The molecule has 1 N–H and O–H groups in total. The molecule has 1 aromatic carbocycles. The van der Waals surface area contributed by atoms with Gasteiger partial charge in [0.25, 0.3) is 0 Å². The van der Waals surface area contributed by atoms with Crippen LogP contribution in [0.2, 0.25) is 0 Å². The van der Waals surface area contributed by atoms with Crippen molar-refractivity contribution in [1.29, 1.82) is 0 Å². The predicted molar refractivity (Wildman–Crippen MR) is 83.2 cm³/mol. The summed E-state index contributed by atoms with van der Waals surface area (Å²) in [7, 11) is 3.65. The molecule has 20 heavy (non-hydrogen) atoms. The summed E-state index contributed by atoms with van der Waals surface area (Å²) in [4.78, 5) is 4.48. The Kier molecular flexibility index (Phi) is 4.50. The molecule has 108 valence electrons. The molecule has 0 aliphatic carbocycles.